The first-order valence-electron chi connectivity index (χ1n) is 7.02. The first-order valence-corrected chi connectivity index (χ1v) is 7.40. The number of aromatic nitrogens is 1. The van der Waals surface area contributed by atoms with Crippen LogP contribution in [0.3, 0.4) is 0 Å². The SMILES string of the molecule is COc1cc(C)c(C(=O)c2c(Cl)ccnc2OC)c(OC)c1OC. The lowest BCUT2D eigenvalue weighted by Gasteiger charge is -2.18. The van der Waals surface area contributed by atoms with E-state index in [0.29, 0.717) is 22.6 Å². The summed E-state index contributed by atoms with van der Waals surface area (Å²) >= 11 is 6.20. The van der Waals surface area contributed by atoms with Gasteiger partial charge in [-0.25, -0.2) is 4.98 Å². The van der Waals surface area contributed by atoms with Crippen molar-refractivity contribution in [1.82, 2.24) is 4.98 Å². The molecule has 0 aliphatic rings. The highest BCUT2D eigenvalue weighted by Gasteiger charge is 2.28. The lowest BCUT2D eigenvalue weighted by molar-refractivity contribution is 0.103. The number of hydrogen-bond acceptors (Lipinski definition) is 6. The van der Waals surface area contributed by atoms with Crippen LogP contribution in [0.5, 0.6) is 23.1 Å². The van der Waals surface area contributed by atoms with E-state index < -0.39 is 0 Å². The first-order chi connectivity index (χ1) is 11.5. The van der Waals surface area contributed by atoms with Crippen LogP contribution in [-0.4, -0.2) is 39.2 Å². The van der Waals surface area contributed by atoms with E-state index in [1.807, 2.05) is 0 Å². The highest BCUT2D eigenvalue weighted by molar-refractivity contribution is 6.35. The van der Waals surface area contributed by atoms with Crippen LogP contribution < -0.4 is 18.9 Å². The van der Waals surface area contributed by atoms with Gasteiger partial charge in [0.15, 0.2) is 11.5 Å². The van der Waals surface area contributed by atoms with Crippen LogP contribution in [-0.2, 0) is 0 Å². The smallest absolute Gasteiger partial charge is 0.226 e. The van der Waals surface area contributed by atoms with Crippen LogP contribution in [0.15, 0.2) is 18.3 Å². The Kier molecular flexibility index (Phi) is 5.51. The molecule has 1 aromatic carbocycles. The van der Waals surface area contributed by atoms with E-state index in [2.05, 4.69) is 4.98 Å². The molecule has 2 aromatic rings. The van der Waals surface area contributed by atoms with Crippen LogP contribution in [0.4, 0.5) is 0 Å². The lowest BCUT2D eigenvalue weighted by Crippen LogP contribution is -2.11. The van der Waals surface area contributed by atoms with Crippen molar-refractivity contribution in [3.63, 3.8) is 0 Å². The maximum absolute atomic E-state index is 13.1. The van der Waals surface area contributed by atoms with Crippen LogP contribution in [0.1, 0.15) is 21.5 Å². The van der Waals surface area contributed by atoms with Crippen molar-refractivity contribution >= 4 is 17.4 Å². The molecule has 128 valence electrons. The summed E-state index contributed by atoms with van der Waals surface area (Å²) in [4.78, 5) is 17.2. The van der Waals surface area contributed by atoms with Crippen LogP contribution >= 0.6 is 11.6 Å². The summed E-state index contributed by atoms with van der Waals surface area (Å²) in [6.45, 7) is 1.77. The van der Waals surface area contributed by atoms with Crippen LogP contribution in [0.2, 0.25) is 5.02 Å². The molecular formula is C17H18ClNO5. The summed E-state index contributed by atoms with van der Waals surface area (Å²) in [5, 5.41) is 0.239. The zero-order chi connectivity index (χ0) is 17.9. The van der Waals surface area contributed by atoms with Crippen molar-refractivity contribution in [2.24, 2.45) is 0 Å². The van der Waals surface area contributed by atoms with Crippen LogP contribution in [0, 0.1) is 6.92 Å². The number of pyridine rings is 1. The molecule has 7 heteroatoms. The number of hydrogen-bond donors (Lipinski definition) is 0. The summed E-state index contributed by atoms with van der Waals surface area (Å²) in [5.41, 5.74) is 1.12. The van der Waals surface area contributed by atoms with Crippen molar-refractivity contribution in [3.05, 3.63) is 40.0 Å². The maximum atomic E-state index is 13.1. The molecule has 0 N–H and O–H groups in total. The average molecular weight is 352 g/mol. The van der Waals surface area contributed by atoms with Crippen molar-refractivity contribution in [3.8, 4) is 23.1 Å². The molecule has 0 fully saturated rings. The third-order valence-electron chi connectivity index (χ3n) is 3.54. The number of methoxy groups -OCH3 is 4. The molecule has 0 aliphatic carbocycles. The van der Waals surface area contributed by atoms with Crippen LogP contribution in [0.25, 0.3) is 0 Å². The second kappa shape index (κ2) is 7.40. The molecule has 0 amide bonds. The molecule has 1 heterocycles. The molecule has 1 aromatic heterocycles. The van der Waals surface area contributed by atoms with Gasteiger partial charge in [-0.05, 0) is 24.6 Å². The quantitative estimate of drug-likeness (QED) is 0.744. The standard InChI is InChI=1S/C17H18ClNO5/c1-9-8-11(21-2)15(22-3)16(23-4)12(9)14(20)13-10(18)6-7-19-17(13)24-5/h6-8H,1-5H3. The molecule has 0 saturated heterocycles. The van der Waals surface area contributed by atoms with E-state index >= 15 is 0 Å². The van der Waals surface area contributed by atoms with Crippen molar-refractivity contribution in [2.45, 2.75) is 6.92 Å². The van der Waals surface area contributed by atoms with Gasteiger partial charge < -0.3 is 18.9 Å². The zero-order valence-corrected chi connectivity index (χ0v) is 14.9. The minimum Gasteiger partial charge on any atom is -0.493 e. The van der Waals surface area contributed by atoms with Crippen molar-refractivity contribution < 1.29 is 23.7 Å². The van der Waals surface area contributed by atoms with E-state index in [4.69, 9.17) is 30.5 Å². The molecular weight excluding hydrogens is 334 g/mol. The van der Waals surface area contributed by atoms with Crippen molar-refractivity contribution in [1.29, 1.82) is 0 Å². The molecule has 0 spiro atoms. The van der Waals surface area contributed by atoms with Gasteiger partial charge in [0, 0.05) is 6.20 Å². The number of aryl methyl sites for hydroxylation is 1. The molecule has 0 bridgehead atoms. The van der Waals surface area contributed by atoms with Gasteiger partial charge in [0.2, 0.25) is 17.4 Å². The fourth-order valence-corrected chi connectivity index (χ4v) is 2.69. The Balaban J connectivity index is 2.75. The third kappa shape index (κ3) is 2.97. The fraction of sp³-hybridized carbons (Fsp3) is 0.294. The maximum Gasteiger partial charge on any atom is 0.226 e. The van der Waals surface area contributed by atoms with Gasteiger partial charge in [-0.2, -0.15) is 0 Å². The predicted molar refractivity (Wildman–Crippen MR) is 90.1 cm³/mol. The van der Waals surface area contributed by atoms with Gasteiger partial charge in [0.25, 0.3) is 0 Å². The summed E-state index contributed by atoms with van der Waals surface area (Å²) in [5.74, 6) is 0.825. The van der Waals surface area contributed by atoms with E-state index in [9.17, 15) is 4.79 Å². The van der Waals surface area contributed by atoms with E-state index in [0.717, 1.165) is 0 Å². The number of benzene rings is 1. The summed E-state index contributed by atoms with van der Waals surface area (Å²) in [6, 6.07) is 3.23. The monoisotopic (exact) mass is 351 g/mol. The summed E-state index contributed by atoms with van der Waals surface area (Å²) in [6.07, 6.45) is 1.47. The molecule has 0 unspecified atom stereocenters. The van der Waals surface area contributed by atoms with Crippen molar-refractivity contribution in [2.75, 3.05) is 28.4 Å². The van der Waals surface area contributed by atoms with Gasteiger partial charge in [-0.15, -0.1) is 0 Å². The van der Waals surface area contributed by atoms with Gasteiger partial charge in [-0.1, -0.05) is 11.6 Å². The number of ether oxygens (including phenoxy) is 4. The fourth-order valence-electron chi connectivity index (χ4n) is 2.47. The number of carbonyl (C=O) groups is 1. The molecule has 0 atom stereocenters. The number of carbonyl (C=O) groups excluding carboxylic acids is 1. The van der Waals surface area contributed by atoms with Gasteiger partial charge >= 0.3 is 0 Å². The number of nitrogens with zero attached hydrogens (tertiary/aromatic N) is 1. The summed E-state index contributed by atoms with van der Waals surface area (Å²) < 4.78 is 21.2. The number of ketones is 1. The molecule has 6 nitrogen and oxygen atoms in total. The van der Waals surface area contributed by atoms with E-state index in [1.165, 1.54) is 40.7 Å². The zero-order valence-electron chi connectivity index (χ0n) is 14.1. The minimum atomic E-state index is -0.375. The normalized spacial score (nSPS) is 10.2. The Morgan fingerprint density at radius 3 is 2.21 bits per heavy atom. The Hall–Kier alpha value is -2.47. The second-order valence-corrected chi connectivity index (χ2v) is 5.25. The van der Waals surface area contributed by atoms with Gasteiger partial charge in [0.05, 0.1) is 39.0 Å². The highest BCUT2D eigenvalue weighted by atomic mass is 35.5. The number of halogens is 1. The lowest BCUT2D eigenvalue weighted by atomic mass is 9.97. The van der Waals surface area contributed by atoms with E-state index in [1.54, 1.807) is 13.0 Å². The Bertz CT molecular complexity index is 776. The molecule has 0 radical (unpaired) electrons. The summed E-state index contributed by atoms with van der Waals surface area (Å²) in [7, 11) is 5.87. The predicted octanol–water partition coefficient (Wildman–Crippen LogP) is 3.31. The van der Waals surface area contributed by atoms with E-state index in [-0.39, 0.29) is 28.0 Å². The largest absolute Gasteiger partial charge is 0.493 e. The van der Waals surface area contributed by atoms with Gasteiger partial charge in [-0.3, -0.25) is 4.79 Å². The average Bonchev–Trinajstić information content (AvgIpc) is 2.59. The Morgan fingerprint density at radius 2 is 1.67 bits per heavy atom. The Morgan fingerprint density at radius 1 is 1.00 bits per heavy atom. The first kappa shape index (κ1) is 17.9. The molecule has 0 saturated carbocycles. The highest BCUT2D eigenvalue weighted by Crippen LogP contribution is 2.43. The molecule has 0 aliphatic heterocycles. The third-order valence-corrected chi connectivity index (χ3v) is 3.85. The minimum absolute atomic E-state index is 0.142. The molecule has 24 heavy (non-hydrogen) atoms. The number of rotatable bonds is 6. The topological polar surface area (TPSA) is 66.9 Å². The second-order valence-electron chi connectivity index (χ2n) is 4.84. The Labute approximate surface area is 145 Å². The van der Waals surface area contributed by atoms with Gasteiger partial charge in [0.1, 0.15) is 5.56 Å². The molecule has 2 rings (SSSR count).